The van der Waals surface area contributed by atoms with Gasteiger partial charge >= 0.3 is 0 Å². The van der Waals surface area contributed by atoms with Gasteiger partial charge in [0.1, 0.15) is 11.6 Å². The Morgan fingerprint density at radius 1 is 1.17 bits per heavy atom. The summed E-state index contributed by atoms with van der Waals surface area (Å²) in [5.74, 6) is 0.691. The SMILES string of the molecule is CC(Nc1nccc(N(C)c2cc(-c3ccccc3)c(=O)n(C)c2)n1)C(I)c1ccc(F)c(CO)c1. The Hall–Kier alpha value is -3.31. The van der Waals surface area contributed by atoms with Gasteiger partial charge in [-0.2, -0.15) is 4.98 Å². The first-order valence-electron chi connectivity index (χ1n) is 11.4. The van der Waals surface area contributed by atoms with Gasteiger partial charge in [-0.25, -0.2) is 9.37 Å². The number of pyridine rings is 1. The van der Waals surface area contributed by atoms with Crippen LogP contribution in [0.15, 0.2) is 77.9 Å². The van der Waals surface area contributed by atoms with Crippen molar-refractivity contribution >= 4 is 40.0 Å². The summed E-state index contributed by atoms with van der Waals surface area (Å²) < 4.78 is 15.3. The Balaban J connectivity index is 1.57. The van der Waals surface area contributed by atoms with Gasteiger partial charge in [0.05, 0.1) is 16.2 Å². The molecule has 4 rings (SSSR count). The van der Waals surface area contributed by atoms with Crippen molar-refractivity contribution in [3.05, 3.63) is 100 Å². The largest absolute Gasteiger partial charge is 0.392 e. The summed E-state index contributed by atoms with van der Waals surface area (Å²) in [6.07, 6.45) is 3.46. The summed E-state index contributed by atoms with van der Waals surface area (Å²) in [7, 11) is 3.62. The van der Waals surface area contributed by atoms with E-state index >= 15 is 0 Å². The predicted octanol–water partition coefficient (Wildman–Crippen LogP) is 5.22. The lowest BCUT2D eigenvalue weighted by molar-refractivity contribution is 0.275. The first-order valence-corrected chi connectivity index (χ1v) is 12.7. The Kier molecular flexibility index (Phi) is 8.00. The van der Waals surface area contributed by atoms with Crippen molar-refractivity contribution in [1.29, 1.82) is 0 Å². The van der Waals surface area contributed by atoms with Gasteiger partial charge in [-0.3, -0.25) is 4.79 Å². The van der Waals surface area contributed by atoms with Crippen LogP contribution in [-0.4, -0.2) is 32.7 Å². The standard InChI is InChI=1S/C27H27FIN5O2/c1-17(25(29)19-9-10-23(28)20(13-19)16-35)31-27-30-12-11-24(32-27)34(3)21-14-22(26(36)33(2)15-21)18-7-5-4-6-8-18/h4-15,17,25,35H,16H2,1-3H3,(H,30,31,32). The molecule has 2 N–H and O–H groups in total. The fourth-order valence-electron chi connectivity index (χ4n) is 3.89. The van der Waals surface area contributed by atoms with Crippen LogP contribution in [0.5, 0.6) is 0 Å². The molecular weight excluding hydrogens is 572 g/mol. The molecule has 0 aliphatic rings. The van der Waals surface area contributed by atoms with Crippen LogP contribution in [0.1, 0.15) is 22.0 Å². The summed E-state index contributed by atoms with van der Waals surface area (Å²) in [5.41, 5.74) is 3.36. The maximum Gasteiger partial charge on any atom is 0.258 e. The van der Waals surface area contributed by atoms with E-state index in [2.05, 4.69) is 37.9 Å². The van der Waals surface area contributed by atoms with Gasteiger partial charge in [0, 0.05) is 43.7 Å². The van der Waals surface area contributed by atoms with Gasteiger partial charge in [0.25, 0.3) is 5.56 Å². The second kappa shape index (κ2) is 11.2. The van der Waals surface area contributed by atoms with E-state index in [0.717, 1.165) is 16.8 Å². The Bertz CT molecular complexity index is 1410. The van der Waals surface area contributed by atoms with Crippen LogP contribution >= 0.6 is 22.6 Å². The van der Waals surface area contributed by atoms with Gasteiger partial charge in [-0.15, -0.1) is 0 Å². The minimum absolute atomic E-state index is 0.0180. The highest BCUT2D eigenvalue weighted by molar-refractivity contribution is 14.1. The van der Waals surface area contributed by atoms with E-state index in [-0.39, 0.29) is 27.7 Å². The molecule has 0 fully saturated rings. The number of aliphatic hydroxyl groups excluding tert-OH is 1. The molecule has 0 bridgehead atoms. The van der Waals surface area contributed by atoms with Crippen molar-refractivity contribution in [2.75, 3.05) is 17.3 Å². The third-order valence-corrected chi connectivity index (χ3v) is 7.78. The van der Waals surface area contributed by atoms with Gasteiger partial charge < -0.3 is 19.9 Å². The number of hydrogen-bond acceptors (Lipinski definition) is 6. The fraction of sp³-hybridized carbons (Fsp3) is 0.222. The molecule has 2 aromatic heterocycles. The lowest BCUT2D eigenvalue weighted by Crippen LogP contribution is -2.23. The van der Waals surface area contributed by atoms with E-state index in [4.69, 9.17) is 0 Å². The smallest absolute Gasteiger partial charge is 0.258 e. The highest BCUT2D eigenvalue weighted by atomic mass is 127. The minimum atomic E-state index is -0.418. The van der Waals surface area contributed by atoms with Crippen molar-refractivity contribution in [1.82, 2.24) is 14.5 Å². The third-order valence-electron chi connectivity index (χ3n) is 5.98. The van der Waals surface area contributed by atoms with E-state index in [0.29, 0.717) is 17.3 Å². The third kappa shape index (κ3) is 5.57. The van der Waals surface area contributed by atoms with E-state index in [9.17, 15) is 14.3 Å². The lowest BCUT2D eigenvalue weighted by Gasteiger charge is -2.23. The molecule has 0 amide bonds. The van der Waals surface area contributed by atoms with Crippen LogP contribution in [0.3, 0.4) is 0 Å². The van der Waals surface area contributed by atoms with Crippen molar-refractivity contribution in [3.63, 3.8) is 0 Å². The summed E-state index contributed by atoms with van der Waals surface area (Å²) in [6, 6.07) is 17.9. The van der Waals surface area contributed by atoms with Crippen LogP contribution in [0.4, 0.5) is 21.8 Å². The number of alkyl halides is 1. The Morgan fingerprint density at radius 3 is 2.64 bits per heavy atom. The number of halogens is 2. The molecule has 2 aromatic carbocycles. The van der Waals surface area contributed by atoms with Crippen molar-refractivity contribution in [2.24, 2.45) is 7.05 Å². The number of aromatic nitrogens is 3. The van der Waals surface area contributed by atoms with E-state index < -0.39 is 5.82 Å². The van der Waals surface area contributed by atoms with E-state index in [1.54, 1.807) is 42.2 Å². The average molecular weight is 599 g/mol. The van der Waals surface area contributed by atoms with Crippen LogP contribution in [0, 0.1) is 5.82 Å². The number of nitrogens with one attached hydrogen (secondary N) is 1. The molecule has 0 saturated carbocycles. The number of benzene rings is 2. The predicted molar refractivity (Wildman–Crippen MR) is 149 cm³/mol. The molecule has 0 aliphatic carbocycles. The molecule has 0 saturated heterocycles. The van der Waals surface area contributed by atoms with E-state index in [1.807, 2.05) is 55.3 Å². The zero-order valence-corrected chi connectivity index (χ0v) is 22.3. The van der Waals surface area contributed by atoms with Crippen LogP contribution in [0.25, 0.3) is 11.1 Å². The number of aliphatic hydroxyl groups is 1. The summed E-state index contributed by atoms with van der Waals surface area (Å²) in [5, 5.41) is 12.7. The zero-order chi connectivity index (χ0) is 25.8. The van der Waals surface area contributed by atoms with Crippen molar-refractivity contribution in [2.45, 2.75) is 23.5 Å². The van der Waals surface area contributed by atoms with Gasteiger partial charge in [-0.05, 0) is 42.3 Å². The van der Waals surface area contributed by atoms with Gasteiger partial charge in [0.15, 0.2) is 0 Å². The summed E-state index contributed by atoms with van der Waals surface area (Å²) >= 11 is 2.29. The quantitative estimate of drug-likeness (QED) is 0.214. The first kappa shape index (κ1) is 25.8. The topological polar surface area (TPSA) is 83.3 Å². The highest BCUT2D eigenvalue weighted by Gasteiger charge is 2.19. The molecule has 2 heterocycles. The maximum absolute atomic E-state index is 13.8. The van der Waals surface area contributed by atoms with Crippen LogP contribution < -0.4 is 15.8 Å². The minimum Gasteiger partial charge on any atom is -0.392 e. The molecular formula is C27H27FIN5O2. The maximum atomic E-state index is 13.8. The average Bonchev–Trinajstić information content (AvgIpc) is 2.90. The van der Waals surface area contributed by atoms with Gasteiger partial charge in [0.2, 0.25) is 5.95 Å². The highest BCUT2D eigenvalue weighted by Crippen LogP contribution is 2.31. The molecule has 7 nitrogen and oxygen atoms in total. The Labute approximate surface area is 222 Å². The lowest BCUT2D eigenvalue weighted by atomic mass is 10.0. The first-order chi connectivity index (χ1) is 17.3. The second-order valence-corrected chi connectivity index (χ2v) is 9.88. The molecule has 2 atom stereocenters. The van der Waals surface area contributed by atoms with Gasteiger partial charge in [-0.1, -0.05) is 59.0 Å². The number of hydrogen-bond donors (Lipinski definition) is 2. The van der Waals surface area contributed by atoms with Crippen LogP contribution in [0.2, 0.25) is 0 Å². The number of nitrogens with zero attached hydrogens (tertiary/aromatic N) is 4. The number of anilines is 3. The molecule has 186 valence electrons. The molecule has 36 heavy (non-hydrogen) atoms. The van der Waals surface area contributed by atoms with Crippen molar-refractivity contribution in [3.8, 4) is 11.1 Å². The van der Waals surface area contributed by atoms with Crippen LogP contribution in [-0.2, 0) is 13.7 Å². The second-order valence-electron chi connectivity index (χ2n) is 8.54. The number of rotatable bonds is 8. The van der Waals surface area contributed by atoms with E-state index in [1.165, 1.54) is 6.07 Å². The molecule has 0 radical (unpaired) electrons. The fourth-order valence-corrected chi connectivity index (χ4v) is 4.46. The molecule has 0 spiro atoms. The van der Waals surface area contributed by atoms with Crippen molar-refractivity contribution < 1.29 is 9.50 Å². The number of aryl methyl sites for hydroxylation is 1. The monoisotopic (exact) mass is 599 g/mol. The normalized spacial score (nSPS) is 12.7. The molecule has 4 aromatic rings. The Morgan fingerprint density at radius 2 is 1.92 bits per heavy atom. The summed E-state index contributed by atoms with van der Waals surface area (Å²) in [4.78, 5) is 23.7. The molecule has 9 heteroatoms. The molecule has 2 unspecified atom stereocenters. The molecule has 0 aliphatic heterocycles. The summed E-state index contributed by atoms with van der Waals surface area (Å²) in [6.45, 7) is 1.65. The zero-order valence-electron chi connectivity index (χ0n) is 20.2.